The van der Waals surface area contributed by atoms with Gasteiger partial charge < -0.3 is 5.32 Å². The number of aromatic nitrogens is 2. The van der Waals surface area contributed by atoms with Crippen molar-refractivity contribution in [2.45, 2.75) is 39.3 Å². The third-order valence-corrected chi connectivity index (χ3v) is 4.16. The van der Waals surface area contributed by atoms with Crippen molar-refractivity contribution < 1.29 is 4.92 Å². The van der Waals surface area contributed by atoms with Gasteiger partial charge in [0.05, 0.1) is 4.92 Å². The van der Waals surface area contributed by atoms with E-state index in [1.807, 2.05) is 25.6 Å². The summed E-state index contributed by atoms with van der Waals surface area (Å²) in [5.74, 6) is 2.67. The topological polar surface area (TPSA) is 73.0 Å². The Morgan fingerprint density at radius 3 is 2.83 bits per heavy atom. The Labute approximate surface area is 110 Å². The molecule has 0 spiro atoms. The Balaban J connectivity index is 2.36. The average molecular weight is 270 g/mol. The molecule has 0 radical (unpaired) electrons. The SMILES string of the molecule is Cc1nn(C(C)C)c(NC2CCSC2)c1[N+](=O)[O-]. The van der Waals surface area contributed by atoms with Gasteiger partial charge in [-0.15, -0.1) is 0 Å². The highest BCUT2D eigenvalue weighted by Gasteiger charge is 2.29. The Bertz CT molecular complexity index is 452. The van der Waals surface area contributed by atoms with E-state index in [2.05, 4.69) is 10.4 Å². The zero-order valence-electron chi connectivity index (χ0n) is 10.8. The predicted octanol–water partition coefficient (Wildman–Crippen LogP) is 2.60. The summed E-state index contributed by atoms with van der Waals surface area (Å²) < 4.78 is 1.72. The van der Waals surface area contributed by atoms with E-state index in [4.69, 9.17) is 0 Å². The quantitative estimate of drug-likeness (QED) is 0.672. The molecule has 2 heterocycles. The van der Waals surface area contributed by atoms with Crippen molar-refractivity contribution in [2.75, 3.05) is 16.8 Å². The van der Waals surface area contributed by atoms with Gasteiger partial charge in [0.1, 0.15) is 5.69 Å². The van der Waals surface area contributed by atoms with Gasteiger partial charge in [0.15, 0.2) is 0 Å². The highest BCUT2D eigenvalue weighted by Crippen LogP contribution is 2.32. The van der Waals surface area contributed by atoms with Gasteiger partial charge in [-0.3, -0.25) is 10.1 Å². The molecule has 0 amide bonds. The Kier molecular flexibility index (Phi) is 3.79. The van der Waals surface area contributed by atoms with E-state index in [1.165, 1.54) is 0 Å². The minimum atomic E-state index is -0.342. The van der Waals surface area contributed by atoms with Crippen molar-refractivity contribution in [1.82, 2.24) is 9.78 Å². The number of rotatable bonds is 4. The standard InChI is InChI=1S/C11H18N4O2S/c1-7(2)14-11(12-9-4-5-18-6-9)10(15(16)17)8(3)13-14/h7,9,12H,4-6H2,1-3H3. The van der Waals surface area contributed by atoms with Crippen LogP contribution in [-0.4, -0.2) is 32.3 Å². The van der Waals surface area contributed by atoms with E-state index >= 15 is 0 Å². The van der Waals surface area contributed by atoms with Crippen LogP contribution in [-0.2, 0) is 0 Å². The van der Waals surface area contributed by atoms with Crippen LogP contribution in [0.4, 0.5) is 11.5 Å². The molecule has 0 bridgehead atoms. The van der Waals surface area contributed by atoms with E-state index < -0.39 is 0 Å². The number of nitrogens with zero attached hydrogens (tertiary/aromatic N) is 3. The molecule has 0 saturated carbocycles. The molecule has 7 heteroatoms. The lowest BCUT2D eigenvalue weighted by Gasteiger charge is -2.15. The van der Waals surface area contributed by atoms with Gasteiger partial charge in [0.25, 0.3) is 0 Å². The van der Waals surface area contributed by atoms with Crippen molar-refractivity contribution in [3.05, 3.63) is 15.8 Å². The molecule has 6 nitrogen and oxygen atoms in total. The molecular formula is C11H18N4O2S. The van der Waals surface area contributed by atoms with Crippen LogP contribution >= 0.6 is 11.8 Å². The van der Waals surface area contributed by atoms with Crippen molar-refractivity contribution in [3.8, 4) is 0 Å². The van der Waals surface area contributed by atoms with E-state index in [9.17, 15) is 10.1 Å². The third kappa shape index (κ3) is 2.45. The number of aryl methyl sites for hydroxylation is 1. The molecule has 1 aromatic rings. The summed E-state index contributed by atoms with van der Waals surface area (Å²) in [4.78, 5) is 10.8. The predicted molar refractivity (Wildman–Crippen MR) is 73.4 cm³/mol. The number of nitrogens with one attached hydrogen (secondary N) is 1. The van der Waals surface area contributed by atoms with E-state index in [-0.39, 0.29) is 16.7 Å². The van der Waals surface area contributed by atoms with Crippen molar-refractivity contribution in [1.29, 1.82) is 0 Å². The fraction of sp³-hybridized carbons (Fsp3) is 0.727. The molecule has 1 aromatic heterocycles. The second-order valence-electron chi connectivity index (χ2n) is 4.78. The molecule has 0 aliphatic carbocycles. The highest BCUT2D eigenvalue weighted by atomic mass is 32.2. The van der Waals surface area contributed by atoms with Crippen molar-refractivity contribution in [2.24, 2.45) is 0 Å². The second kappa shape index (κ2) is 5.17. The maximum absolute atomic E-state index is 11.2. The van der Waals surface area contributed by atoms with Crippen LogP contribution in [0.2, 0.25) is 0 Å². The Hall–Kier alpha value is -1.24. The number of anilines is 1. The van der Waals surface area contributed by atoms with Crippen LogP contribution in [0.3, 0.4) is 0 Å². The van der Waals surface area contributed by atoms with Crippen molar-refractivity contribution in [3.63, 3.8) is 0 Å². The first-order chi connectivity index (χ1) is 8.50. The largest absolute Gasteiger partial charge is 0.361 e. The number of hydrogen-bond acceptors (Lipinski definition) is 5. The Morgan fingerprint density at radius 2 is 2.33 bits per heavy atom. The molecule has 1 aliphatic rings. The first-order valence-corrected chi connectivity index (χ1v) is 7.24. The third-order valence-electron chi connectivity index (χ3n) is 3.00. The molecule has 1 N–H and O–H groups in total. The van der Waals surface area contributed by atoms with Crippen LogP contribution in [0.15, 0.2) is 0 Å². The zero-order valence-corrected chi connectivity index (χ0v) is 11.7. The molecule has 1 fully saturated rings. The summed E-state index contributed by atoms with van der Waals surface area (Å²) in [6.45, 7) is 5.64. The first-order valence-electron chi connectivity index (χ1n) is 6.08. The van der Waals surface area contributed by atoms with Gasteiger partial charge in [0, 0.05) is 17.8 Å². The summed E-state index contributed by atoms with van der Waals surface area (Å²) in [7, 11) is 0. The normalized spacial score (nSPS) is 19.4. The van der Waals surface area contributed by atoms with Gasteiger partial charge in [0.2, 0.25) is 5.82 Å². The number of nitro groups is 1. The maximum Gasteiger partial charge on any atom is 0.333 e. The smallest absolute Gasteiger partial charge is 0.333 e. The van der Waals surface area contributed by atoms with Crippen LogP contribution in [0.25, 0.3) is 0 Å². The van der Waals surface area contributed by atoms with Gasteiger partial charge in [-0.1, -0.05) is 0 Å². The fourth-order valence-electron chi connectivity index (χ4n) is 2.11. The molecule has 1 atom stereocenters. The van der Waals surface area contributed by atoms with Crippen LogP contribution < -0.4 is 5.32 Å². The van der Waals surface area contributed by atoms with E-state index in [0.29, 0.717) is 17.6 Å². The molecule has 1 aliphatic heterocycles. The lowest BCUT2D eigenvalue weighted by molar-refractivity contribution is -0.384. The number of thioether (sulfide) groups is 1. The first kappa shape index (κ1) is 13.2. The highest BCUT2D eigenvalue weighted by molar-refractivity contribution is 7.99. The lowest BCUT2D eigenvalue weighted by atomic mass is 10.2. The van der Waals surface area contributed by atoms with Gasteiger partial charge in [-0.05, 0) is 32.9 Å². The minimum absolute atomic E-state index is 0.106. The van der Waals surface area contributed by atoms with E-state index in [0.717, 1.165) is 17.9 Å². The van der Waals surface area contributed by atoms with Crippen LogP contribution in [0, 0.1) is 17.0 Å². The summed E-state index contributed by atoms with van der Waals surface area (Å²) >= 11 is 1.87. The molecule has 18 heavy (non-hydrogen) atoms. The van der Waals surface area contributed by atoms with Gasteiger partial charge in [-0.2, -0.15) is 16.9 Å². The lowest BCUT2D eigenvalue weighted by Crippen LogP contribution is -2.22. The zero-order chi connectivity index (χ0) is 13.3. The van der Waals surface area contributed by atoms with Crippen LogP contribution in [0.1, 0.15) is 32.0 Å². The monoisotopic (exact) mass is 270 g/mol. The summed E-state index contributed by atoms with van der Waals surface area (Å²) in [5, 5.41) is 18.7. The Morgan fingerprint density at radius 1 is 1.61 bits per heavy atom. The summed E-state index contributed by atoms with van der Waals surface area (Å²) in [6.07, 6.45) is 1.05. The minimum Gasteiger partial charge on any atom is -0.361 e. The van der Waals surface area contributed by atoms with Crippen LogP contribution in [0.5, 0.6) is 0 Å². The molecule has 1 unspecified atom stereocenters. The molecular weight excluding hydrogens is 252 g/mol. The average Bonchev–Trinajstić information content (AvgIpc) is 2.86. The fourth-order valence-corrected chi connectivity index (χ4v) is 3.26. The molecule has 0 aromatic carbocycles. The summed E-state index contributed by atoms with van der Waals surface area (Å²) in [6, 6.07) is 0.413. The molecule has 2 rings (SSSR count). The maximum atomic E-state index is 11.2. The van der Waals surface area contributed by atoms with E-state index in [1.54, 1.807) is 11.6 Å². The van der Waals surface area contributed by atoms with Gasteiger partial charge >= 0.3 is 5.69 Å². The summed E-state index contributed by atoms with van der Waals surface area (Å²) in [5.41, 5.74) is 0.586. The molecule has 100 valence electrons. The van der Waals surface area contributed by atoms with Crippen molar-refractivity contribution >= 4 is 23.3 Å². The number of hydrogen-bond donors (Lipinski definition) is 1. The molecule has 1 saturated heterocycles. The van der Waals surface area contributed by atoms with Gasteiger partial charge in [-0.25, -0.2) is 4.68 Å². The second-order valence-corrected chi connectivity index (χ2v) is 5.93.